The summed E-state index contributed by atoms with van der Waals surface area (Å²) in [6.45, 7) is 1.96. The number of oxime groups is 1. The number of nitrogens with one attached hydrogen (secondary N) is 4. The van der Waals surface area contributed by atoms with Gasteiger partial charge in [-0.2, -0.15) is 9.36 Å². The molecule has 2 unspecified atom stereocenters. The van der Waals surface area contributed by atoms with Crippen LogP contribution in [0.1, 0.15) is 52.6 Å². The molecule has 0 radical (unpaired) electrons. The fourth-order valence-electron chi connectivity index (χ4n) is 9.69. The average Bonchev–Trinajstić information content (AvgIpc) is 4.23. The van der Waals surface area contributed by atoms with Crippen molar-refractivity contribution < 1.29 is 28.8 Å². The van der Waals surface area contributed by atoms with Gasteiger partial charge in [0.1, 0.15) is 29.8 Å². The minimum atomic E-state index is -1.04. The molecule has 70 heavy (non-hydrogen) atoms. The molecule has 10 rings (SSSR count). The van der Waals surface area contributed by atoms with Crippen LogP contribution in [0.15, 0.2) is 180 Å². The molecule has 0 saturated carbocycles. The molecule has 14 nitrogen and oxygen atoms in total. The van der Waals surface area contributed by atoms with Crippen molar-refractivity contribution in [2.45, 2.75) is 41.9 Å². The van der Waals surface area contributed by atoms with E-state index in [1.54, 1.807) is 0 Å². The average molecular weight is 971 g/mol. The zero-order valence-corrected chi connectivity index (χ0v) is 39.8. The van der Waals surface area contributed by atoms with Gasteiger partial charge in [0.2, 0.25) is 16.7 Å². The first-order chi connectivity index (χ1) is 34.3. The maximum absolute atomic E-state index is 14.8. The van der Waals surface area contributed by atoms with Gasteiger partial charge in [-0.1, -0.05) is 168 Å². The molecule has 0 spiro atoms. The molecular formula is C54H50N8O6S2. The highest BCUT2D eigenvalue weighted by atomic mass is 32.2. The maximum Gasteiger partial charge on any atom is 0.356 e. The van der Waals surface area contributed by atoms with Crippen LogP contribution in [0.3, 0.4) is 0 Å². The van der Waals surface area contributed by atoms with E-state index in [0.29, 0.717) is 36.0 Å². The van der Waals surface area contributed by atoms with Crippen LogP contribution in [0.4, 0.5) is 5.13 Å². The van der Waals surface area contributed by atoms with Crippen LogP contribution in [-0.4, -0.2) is 93.5 Å². The van der Waals surface area contributed by atoms with Gasteiger partial charge in [-0.05, 0) is 52.8 Å². The lowest BCUT2D eigenvalue weighted by atomic mass is 9.77. The zero-order valence-electron chi connectivity index (χ0n) is 38.2. The molecule has 354 valence electrons. The van der Waals surface area contributed by atoms with Crippen LogP contribution < -0.4 is 21.3 Å². The molecule has 6 aromatic rings. The van der Waals surface area contributed by atoms with Gasteiger partial charge in [-0.15, -0.1) is 11.8 Å². The smallest absolute Gasteiger partial charge is 0.356 e. The molecule has 2 amide bonds. The van der Waals surface area contributed by atoms with Crippen LogP contribution in [0.5, 0.6) is 0 Å². The Morgan fingerprint density at radius 3 is 1.99 bits per heavy atom. The minimum Gasteiger partial charge on any atom is -0.448 e. The number of aromatic nitrogens is 2. The fourth-order valence-corrected chi connectivity index (χ4v) is 11.6. The topological polar surface area (TPSA) is 176 Å². The van der Waals surface area contributed by atoms with E-state index >= 15 is 0 Å². The number of anilines is 1. The number of Topliss-reactive ketones (excluding diaryl/α,β-unsaturated/α-hetero) is 1. The first kappa shape index (κ1) is 46.5. The highest BCUT2D eigenvalue weighted by Crippen LogP contribution is 2.44. The fraction of sp³-hybridized carbons (Fsp3) is 0.241. The lowest BCUT2D eigenvalue weighted by molar-refractivity contribution is -0.154. The molecule has 5 heterocycles. The van der Waals surface area contributed by atoms with Gasteiger partial charge in [0.15, 0.2) is 11.9 Å². The summed E-state index contributed by atoms with van der Waals surface area (Å²) in [5.41, 5.74) is 4.88. The Bertz CT molecular complexity index is 2810. The van der Waals surface area contributed by atoms with Gasteiger partial charge in [0.25, 0.3) is 11.8 Å². The summed E-state index contributed by atoms with van der Waals surface area (Å²) in [4.78, 5) is 68.3. The number of carbonyl (C=O) groups is 4. The first-order valence-corrected chi connectivity index (χ1v) is 25.0. The lowest BCUT2D eigenvalue weighted by Gasteiger charge is -2.49. The maximum atomic E-state index is 14.8. The zero-order chi connectivity index (χ0) is 48.0. The Morgan fingerprint density at radius 1 is 0.843 bits per heavy atom. The quantitative estimate of drug-likeness (QED) is 0.0265. The molecule has 4 aliphatic rings. The van der Waals surface area contributed by atoms with Crippen molar-refractivity contribution in [3.8, 4) is 0 Å². The van der Waals surface area contributed by atoms with Crippen molar-refractivity contribution in [2.75, 3.05) is 37.8 Å². The molecule has 4 aliphatic heterocycles. The van der Waals surface area contributed by atoms with Crippen LogP contribution in [0, 0.1) is 5.92 Å². The van der Waals surface area contributed by atoms with Crippen molar-refractivity contribution in [3.05, 3.63) is 208 Å². The Balaban J connectivity index is 0.925. The van der Waals surface area contributed by atoms with Crippen molar-refractivity contribution in [1.29, 1.82) is 0 Å². The molecule has 5 aromatic carbocycles. The second-order valence-corrected chi connectivity index (χ2v) is 19.2. The monoisotopic (exact) mass is 970 g/mol. The van der Waals surface area contributed by atoms with Crippen molar-refractivity contribution in [2.24, 2.45) is 11.1 Å². The second-order valence-electron chi connectivity index (χ2n) is 17.4. The number of β-lactam (4-membered cyclic amide) rings is 1. The van der Waals surface area contributed by atoms with Gasteiger partial charge in [-0.3, -0.25) is 19.3 Å². The van der Waals surface area contributed by atoms with Crippen molar-refractivity contribution in [1.82, 2.24) is 30.2 Å². The molecular weight excluding hydrogens is 921 g/mol. The summed E-state index contributed by atoms with van der Waals surface area (Å²) >= 11 is 2.48. The molecule has 3 saturated heterocycles. The number of benzene rings is 5. The Labute approximate surface area is 413 Å². The van der Waals surface area contributed by atoms with Crippen molar-refractivity contribution in [3.63, 3.8) is 0 Å². The number of hydrogen-bond acceptors (Lipinski definition) is 14. The highest BCUT2D eigenvalue weighted by Gasteiger charge is 2.55. The predicted octanol–water partition coefficient (Wildman–Crippen LogP) is 6.75. The molecule has 3 fully saturated rings. The number of rotatable bonds is 16. The normalized spacial score (nSPS) is 20.8. The van der Waals surface area contributed by atoms with E-state index < -0.39 is 40.8 Å². The third kappa shape index (κ3) is 9.30. The van der Waals surface area contributed by atoms with E-state index in [4.69, 9.17) is 14.6 Å². The van der Waals surface area contributed by atoms with Gasteiger partial charge in [-0.25, -0.2) is 4.79 Å². The van der Waals surface area contributed by atoms with Gasteiger partial charge >= 0.3 is 5.97 Å². The Morgan fingerprint density at radius 2 is 1.43 bits per heavy atom. The van der Waals surface area contributed by atoms with E-state index in [1.807, 2.05) is 158 Å². The molecule has 4 N–H and O–H groups in total. The van der Waals surface area contributed by atoms with Gasteiger partial charge in [0.05, 0.1) is 6.04 Å². The first-order valence-electron chi connectivity index (χ1n) is 23.2. The number of ketones is 1. The summed E-state index contributed by atoms with van der Waals surface area (Å²) in [5, 5.41) is 17.0. The van der Waals surface area contributed by atoms with E-state index in [2.05, 4.69) is 30.8 Å². The number of ether oxygens (including phenoxy) is 1. The molecule has 0 aliphatic carbocycles. The molecule has 1 aromatic heterocycles. The Kier molecular flexibility index (Phi) is 13.8. The second kappa shape index (κ2) is 20.8. The largest absolute Gasteiger partial charge is 0.448 e. The SMILES string of the molecule is CO/N=C(\C(=O)N[C@@H]1C(=O)N2C(C(=O)OC(c3ccccc3)c3ccccc3)=C(/C=C3\CNC(C(=O)C4CCNC4)C3)CS[C@H]12)c1nsc(NC(c2ccccc2)(c2ccccc2)c2ccccc2)n1. The van der Waals surface area contributed by atoms with Crippen LogP contribution in [0.2, 0.25) is 0 Å². The molecule has 4 atom stereocenters. The number of carbonyl (C=O) groups excluding carboxylic acids is 4. The number of fused-ring (bicyclic) bond motifs is 1. The van der Waals surface area contributed by atoms with E-state index in [0.717, 1.165) is 57.9 Å². The Hall–Kier alpha value is -7.24. The van der Waals surface area contributed by atoms with E-state index in [1.165, 1.54) is 23.8 Å². The van der Waals surface area contributed by atoms with Crippen LogP contribution >= 0.6 is 23.3 Å². The summed E-state index contributed by atoms with van der Waals surface area (Å²) in [6, 6.07) is 47.6. The number of amides is 2. The highest BCUT2D eigenvalue weighted by molar-refractivity contribution is 8.00. The number of hydrogen-bond donors (Lipinski definition) is 4. The number of allylic oxidation sites excluding steroid dienone is 1. The summed E-state index contributed by atoms with van der Waals surface area (Å²) < 4.78 is 11.0. The van der Waals surface area contributed by atoms with E-state index in [9.17, 15) is 19.2 Å². The van der Waals surface area contributed by atoms with Crippen LogP contribution in [-0.2, 0) is 34.3 Å². The number of esters is 1. The number of thioether (sulfide) groups is 1. The third-order valence-electron chi connectivity index (χ3n) is 13.1. The minimum absolute atomic E-state index is 0.00745. The van der Waals surface area contributed by atoms with Crippen LogP contribution in [0.25, 0.3) is 0 Å². The molecule has 16 heteroatoms. The van der Waals surface area contributed by atoms with Crippen molar-refractivity contribution >= 4 is 57.7 Å². The number of nitrogens with zero attached hydrogens (tertiary/aromatic N) is 4. The summed E-state index contributed by atoms with van der Waals surface area (Å²) in [7, 11) is 1.32. The van der Waals surface area contributed by atoms with E-state index in [-0.39, 0.29) is 35.0 Å². The summed E-state index contributed by atoms with van der Waals surface area (Å²) in [5.74, 6) is -1.45. The summed E-state index contributed by atoms with van der Waals surface area (Å²) in [6.07, 6.45) is 2.46. The van der Waals surface area contributed by atoms with Gasteiger partial charge in [0, 0.05) is 36.3 Å². The molecule has 0 bridgehead atoms. The lowest BCUT2D eigenvalue weighted by Crippen LogP contribution is -2.71. The van der Waals surface area contributed by atoms with Gasteiger partial charge < -0.3 is 30.8 Å². The third-order valence-corrected chi connectivity index (χ3v) is 15.0. The standard InChI is InChI=1S/C54H50N8O6S2/c1-67-60-43(48-58-53(70-61-48)59-54(39-21-11-4-12-22-39,40-23-13-5-14-24-40)41-25-15-6-16-26-41)49(64)57-44-50(65)62-45(52(66)68-47(35-17-7-2-8-18-35)36-19-9-3-10-20-36)38(33-69-51(44)62)29-34-30-42(56-31-34)46(63)37-27-28-55-32-37/h2-26,29,37,42,44,47,51,55-56H,27-28,30-33H2,1H3,(H,57,64)(H,58,59,61)/b34-29-,60-43-/t37?,42?,44-,51-/m1/s1. The predicted molar refractivity (Wildman–Crippen MR) is 270 cm³/mol.